The van der Waals surface area contributed by atoms with E-state index in [9.17, 15) is 19.2 Å². The first-order valence-corrected chi connectivity index (χ1v) is 25.1. The molecule has 1 amide bonds. The van der Waals surface area contributed by atoms with Gasteiger partial charge in [-0.3, -0.25) is 14.4 Å². The molecule has 14 nitrogen and oxygen atoms in total. The van der Waals surface area contributed by atoms with Crippen LogP contribution in [-0.2, 0) is 57.0 Å². The number of rotatable bonds is 30. The van der Waals surface area contributed by atoms with Crippen LogP contribution in [0.15, 0.2) is 23.8 Å². The van der Waals surface area contributed by atoms with Gasteiger partial charge >= 0.3 is 18.1 Å². The first-order valence-electron chi connectivity index (χ1n) is 22.7. The highest BCUT2D eigenvalue weighted by molar-refractivity contribution is 8.77. The van der Waals surface area contributed by atoms with Crippen LogP contribution in [0.5, 0.6) is 0 Å². The van der Waals surface area contributed by atoms with Gasteiger partial charge in [0.05, 0.1) is 78.4 Å². The minimum atomic E-state index is -0.843. The van der Waals surface area contributed by atoms with Crippen LogP contribution in [0.25, 0.3) is 0 Å². The van der Waals surface area contributed by atoms with Crippen molar-refractivity contribution in [2.45, 2.75) is 122 Å². The number of hydrogen-bond donors (Lipinski definition) is 1. The summed E-state index contributed by atoms with van der Waals surface area (Å²) < 4.78 is 50.1. The number of cyclic esters (lactones) is 1. The number of fused-ring (bicyclic) bond motifs is 1. The molecule has 4 rings (SSSR count). The van der Waals surface area contributed by atoms with E-state index < -0.39 is 18.2 Å². The standard InChI is InChI=1S/C45H73NO13S2/c1-5-33(3)44(49)59-40-29-32(2)28-35-11-10-34(4)39(43(35)40)13-12-36-30-37(31-42(48)57-36)58-45(50)56-26-25-55-24-23-54-22-21-53-20-19-52-18-17-51-16-15-46-41(47)9-7-6-8-38-14-27-60-61-38/h10-11,28,32-34,36-40,43H,5-9,12-27,29-31H2,1-4H3,(H,46,47)/t32-,33?,34?,36?,37?,38?,39+,40-,43-/m1/s1. The van der Waals surface area contributed by atoms with Crippen LogP contribution in [0.2, 0.25) is 0 Å². The summed E-state index contributed by atoms with van der Waals surface area (Å²) in [6, 6.07) is 0. The second-order valence-corrected chi connectivity index (χ2v) is 19.3. The summed E-state index contributed by atoms with van der Waals surface area (Å²) in [4.78, 5) is 49.7. The highest BCUT2D eigenvalue weighted by atomic mass is 33.1. The molecule has 16 heteroatoms. The lowest BCUT2D eigenvalue weighted by molar-refractivity contribution is -0.163. The van der Waals surface area contributed by atoms with E-state index >= 15 is 0 Å². The fourth-order valence-corrected chi connectivity index (χ4v) is 11.1. The number of ether oxygens (including phenoxy) is 9. The van der Waals surface area contributed by atoms with Gasteiger partial charge in [-0.05, 0) is 68.3 Å². The summed E-state index contributed by atoms with van der Waals surface area (Å²) in [7, 11) is 3.95. The fraction of sp³-hybridized carbons (Fsp3) is 0.822. The number of allylic oxidation sites excluding steroid dienone is 3. The van der Waals surface area contributed by atoms with Gasteiger partial charge in [0.2, 0.25) is 5.91 Å². The maximum Gasteiger partial charge on any atom is 0.508 e. The van der Waals surface area contributed by atoms with Crippen LogP contribution in [0.4, 0.5) is 4.79 Å². The molecule has 4 aliphatic rings. The second-order valence-electron chi connectivity index (χ2n) is 16.5. The molecule has 9 atom stereocenters. The number of nitrogens with one attached hydrogen (secondary N) is 1. The first-order chi connectivity index (χ1) is 29.6. The number of unbranched alkanes of at least 4 members (excludes halogenated alkanes) is 1. The molecule has 0 spiro atoms. The van der Waals surface area contributed by atoms with Gasteiger partial charge in [0.1, 0.15) is 24.9 Å². The van der Waals surface area contributed by atoms with Gasteiger partial charge in [0.25, 0.3) is 0 Å². The number of hydrogen-bond acceptors (Lipinski definition) is 15. The van der Waals surface area contributed by atoms with E-state index in [-0.39, 0.29) is 67.4 Å². The summed E-state index contributed by atoms with van der Waals surface area (Å²) >= 11 is 0. The highest BCUT2D eigenvalue weighted by Crippen LogP contribution is 2.45. The van der Waals surface area contributed by atoms with Gasteiger partial charge < -0.3 is 47.9 Å². The lowest BCUT2D eigenvalue weighted by atomic mass is 9.65. The van der Waals surface area contributed by atoms with Crippen molar-refractivity contribution < 1.29 is 61.8 Å². The predicted octanol–water partition coefficient (Wildman–Crippen LogP) is 7.27. The van der Waals surface area contributed by atoms with Gasteiger partial charge in [-0.25, -0.2) is 4.79 Å². The summed E-state index contributed by atoms with van der Waals surface area (Å²) in [5.74, 6) is 1.54. The Morgan fingerprint density at radius 2 is 1.52 bits per heavy atom. The molecule has 0 saturated carbocycles. The molecule has 0 bridgehead atoms. The molecule has 0 radical (unpaired) electrons. The normalized spacial score (nSPS) is 26.5. The van der Waals surface area contributed by atoms with Gasteiger partial charge in [0, 0.05) is 36.3 Å². The van der Waals surface area contributed by atoms with Gasteiger partial charge in [-0.2, -0.15) is 0 Å². The molecular formula is C45H73NO13S2. The number of carbonyl (C=O) groups excluding carboxylic acids is 4. The van der Waals surface area contributed by atoms with Crippen LogP contribution >= 0.6 is 21.6 Å². The summed E-state index contributed by atoms with van der Waals surface area (Å²) in [5.41, 5.74) is 1.22. The van der Waals surface area contributed by atoms with Crippen LogP contribution in [0, 0.1) is 29.6 Å². The van der Waals surface area contributed by atoms with Crippen molar-refractivity contribution in [2.24, 2.45) is 29.6 Å². The Balaban J connectivity index is 0.944. The Kier molecular flexibility index (Phi) is 25.2. The Morgan fingerprint density at radius 3 is 2.18 bits per heavy atom. The minimum absolute atomic E-state index is 0.00904. The molecule has 0 aromatic rings. The molecule has 2 aliphatic heterocycles. The van der Waals surface area contributed by atoms with E-state index in [1.807, 2.05) is 35.4 Å². The molecule has 61 heavy (non-hydrogen) atoms. The Hall–Kier alpha value is -2.34. The molecule has 2 heterocycles. The molecule has 1 N–H and O–H groups in total. The molecule has 5 unspecified atom stereocenters. The van der Waals surface area contributed by atoms with Crippen LogP contribution in [0.1, 0.15) is 98.3 Å². The van der Waals surface area contributed by atoms with Crippen LogP contribution in [-0.4, -0.2) is 133 Å². The minimum Gasteiger partial charge on any atom is -0.462 e. The van der Waals surface area contributed by atoms with Crippen LogP contribution in [0.3, 0.4) is 0 Å². The van der Waals surface area contributed by atoms with Crippen molar-refractivity contribution >= 4 is 45.6 Å². The first kappa shape index (κ1) is 51.3. The van der Waals surface area contributed by atoms with Crippen molar-refractivity contribution in [1.82, 2.24) is 5.32 Å². The predicted molar refractivity (Wildman–Crippen MR) is 235 cm³/mol. The quantitative estimate of drug-likeness (QED) is 0.0331. The number of carbonyl (C=O) groups is 4. The summed E-state index contributed by atoms with van der Waals surface area (Å²) in [5, 5.41) is 3.67. The van der Waals surface area contributed by atoms with E-state index in [4.69, 9.17) is 42.6 Å². The fourth-order valence-electron chi connectivity index (χ4n) is 8.05. The summed E-state index contributed by atoms with van der Waals surface area (Å²) in [6.07, 6.45) is 13.1. The second kappa shape index (κ2) is 29.9. The van der Waals surface area contributed by atoms with Crippen LogP contribution < -0.4 is 5.32 Å². The third-order valence-corrected chi connectivity index (χ3v) is 14.6. The van der Waals surface area contributed by atoms with Crippen molar-refractivity contribution in [2.75, 3.05) is 85.0 Å². The van der Waals surface area contributed by atoms with E-state index in [0.29, 0.717) is 91.2 Å². The number of amides is 1. The average Bonchev–Trinajstić information content (AvgIpc) is 3.76. The Labute approximate surface area is 371 Å². The van der Waals surface area contributed by atoms with E-state index in [1.54, 1.807) is 0 Å². The monoisotopic (exact) mass is 899 g/mol. The van der Waals surface area contributed by atoms with E-state index in [1.165, 1.54) is 24.2 Å². The summed E-state index contributed by atoms with van der Waals surface area (Å²) in [6.45, 7) is 12.7. The van der Waals surface area contributed by atoms with E-state index in [2.05, 4.69) is 37.4 Å². The van der Waals surface area contributed by atoms with Crippen molar-refractivity contribution in [3.05, 3.63) is 23.8 Å². The zero-order valence-electron chi connectivity index (χ0n) is 37.0. The van der Waals surface area contributed by atoms with Crippen molar-refractivity contribution in [3.63, 3.8) is 0 Å². The Bertz CT molecular complexity index is 1360. The number of esters is 2. The highest BCUT2D eigenvalue weighted by Gasteiger charge is 2.42. The maximum absolute atomic E-state index is 12.8. The molecule has 348 valence electrons. The SMILES string of the molecule is CCC(C)C(=O)O[C@@H]1C[C@H](C)C=C2C=CC(C)[C@H](CCC3CC(OC(=O)OCCOCCOCCOCCOCCOCCNC(=O)CCCCC4CCSS4)CC(=O)O3)[C@@H]21. The van der Waals surface area contributed by atoms with Crippen molar-refractivity contribution in [3.8, 4) is 0 Å². The third-order valence-electron chi connectivity index (χ3n) is 11.6. The zero-order valence-corrected chi connectivity index (χ0v) is 38.7. The molecular weight excluding hydrogens is 827 g/mol. The molecule has 2 aliphatic carbocycles. The molecule has 0 aromatic carbocycles. The topological polar surface area (TPSA) is 163 Å². The van der Waals surface area contributed by atoms with Gasteiger partial charge in [-0.15, -0.1) is 0 Å². The lowest BCUT2D eigenvalue weighted by Crippen LogP contribution is -2.42. The largest absolute Gasteiger partial charge is 0.508 e. The molecule has 2 fully saturated rings. The average molecular weight is 900 g/mol. The van der Waals surface area contributed by atoms with E-state index in [0.717, 1.165) is 37.4 Å². The smallest absolute Gasteiger partial charge is 0.462 e. The third kappa shape index (κ3) is 20.4. The zero-order chi connectivity index (χ0) is 43.7. The Morgan fingerprint density at radius 1 is 0.852 bits per heavy atom. The lowest BCUT2D eigenvalue weighted by Gasteiger charge is -2.43. The molecule has 0 aromatic heterocycles. The van der Waals surface area contributed by atoms with Gasteiger partial charge in [0.15, 0.2) is 0 Å². The van der Waals surface area contributed by atoms with Crippen molar-refractivity contribution in [1.29, 1.82) is 0 Å². The molecule has 2 saturated heterocycles. The maximum atomic E-state index is 12.8. The van der Waals surface area contributed by atoms with Gasteiger partial charge in [-0.1, -0.05) is 73.9 Å².